The van der Waals surface area contributed by atoms with Gasteiger partial charge >= 0.3 is 0 Å². The minimum Gasteiger partial charge on any atom is -0.259 e. The minimum absolute atomic E-state index is 0. The summed E-state index contributed by atoms with van der Waals surface area (Å²) in [5, 5.41) is 6.29. The van der Waals surface area contributed by atoms with Gasteiger partial charge in [-0.3, -0.25) is 5.10 Å². The summed E-state index contributed by atoms with van der Waals surface area (Å²) in [4.78, 5) is 3.88. The van der Waals surface area contributed by atoms with Crippen LogP contribution in [0.25, 0.3) is 11.4 Å². The number of aromatic amines is 1. The number of nitrogens with zero attached hydrogens (tertiary/aromatic N) is 2. The van der Waals surface area contributed by atoms with Crippen molar-refractivity contribution in [1.82, 2.24) is 15.2 Å². The molecular formula is C11H16FN3. The summed E-state index contributed by atoms with van der Waals surface area (Å²) < 4.78 is 13.2. The molecule has 0 spiro atoms. The molecule has 0 aliphatic rings. The van der Waals surface area contributed by atoms with Crippen LogP contribution in [-0.2, 0) is 0 Å². The summed E-state index contributed by atoms with van der Waals surface area (Å²) in [5.74, 6) is 0.170. The molecule has 82 valence electrons. The highest BCUT2D eigenvalue weighted by molar-refractivity contribution is 5.56. The van der Waals surface area contributed by atoms with Crippen LogP contribution in [0.1, 0.15) is 20.8 Å². The van der Waals surface area contributed by atoms with Crippen LogP contribution < -0.4 is 0 Å². The van der Waals surface area contributed by atoms with Crippen LogP contribution in [0.15, 0.2) is 24.5 Å². The Morgan fingerprint density at radius 1 is 1.33 bits per heavy atom. The van der Waals surface area contributed by atoms with E-state index in [2.05, 4.69) is 15.2 Å². The van der Waals surface area contributed by atoms with E-state index in [9.17, 15) is 4.39 Å². The lowest BCUT2D eigenvalue weighted by molar-refractivity contribution is 0.629. The molecule has 1 aromatic carbocycles. The average Bonchev–Trinajstić information content (AvgIpc) is 2.78. The molecule has 2 aromatic rings. The van der Waals surface area contributed by atoms with Gasteiger partial charge in [-0.2, -0.15) is 5.10 Å². The van der Waals surface area contributed by atoms with Gasteiger partial charge in [0.25, 0.3) is 0 Å². The van der Waals surface area contributed by atoms with Crippen LogP contribution in [0.5, 0.6) is 0 Å². The zero-order valence-electron chi connectivity index (χ0n) is 9.08. The highest BCUT2D eigenvalue weighted by Crippen LogP contribution is 2.19. The van der Waals surface area contributed by atoms with Crippen molar-refractivity contribution in [2.24, 2.45) is 0 Å². The molecule has 0 unspecified atom stereocenters. The molecule has 0 saturated heterocycles. The summed E-state index contributed by atoms with van der Waals surface area (Å²) in [6.45, 7) is 5.90. The molecule has 15 heavy (non-hydrogen) atoms. The van der Waals surface area contributed by atoms with E-state index in [0.717, 1.165) is 5.56 Å². The lowest BCUT2D eigenvalue weighted by atomic mass is 10.1. The normalized spacial score (nSPS) is 9.33. The lowest BCUT2D eigenvalue weighted by Gasteiger charge is -1.99. The van der Waals surface area contributed by atoms with Crippen LogP contribution in [0, 0.1) is 12.7 Å². The summed E-state index contributed by atoms with van der Waals surface area (Å²) in [5.41, 5.74) is 1.45. The van der Waals surface area contributed by atoms with Crippen LogP contribution in [0.3, 0.4) is 0 Å². The van der Waals surface area contributed by atoms with Crippen molar-refractivity contribution >= 4 is 0 Å². The first-order chi connectivity index (χ1) is 7.27. The highest BCUT2D eigenvalue weighted by Gasteiger charge is 2.06. The van der Waals surface area contributed by atoms with Crippen molar-refractivity contribution in [2.75, 3.05) is 0 Å². The van der Waals surface area contributed by atoms with Gasteiger partial charge in [-0.25, -0.2) is 9.37 Å². The number of aromatic nitrogens is 3. The Kier molecular flexibility index (Phi) is 3.97. The maximum Gasteiger partial charge on any atom is 0.158 e. The number of benzene rings is 1. The third-order valence-electron chi connectivity index (χ3n) is 1.79. The molecule has 4 heteroatoms. The maximum absolute atomic E-state index is 13.2. The van der Waals surface area contributed by atoms with Crippen LogP contribution in [0.2, 0.25) is 0 Å². The van der Waals surface area contributed by atoms with Crippen molar-refractivity contribution < 1.29 is 5.82 Å². The van der Waals surface area contributed by atoms with E-state index in [0.29, 0.717) is 11.4 Å². The number of nitrogens with one attached hydrogen (secondary N) is 1. The second-order valence-corrected chi connectivity index (χ2v) is 2.82. The third-order valence-corrected chi connectivity index (χ3v) is 1.79. The Labute approximate surface area is 89.9 Å². The lowest BCUT2D eigenvalue weighted by Crippen LogP contribution is -1.87. The summed E-state index contributed by atoms with van der Waals surface area (Å²) in [6, 6.07) is 4.87. The van der Waals surface area contributed by atoms with Gasteiger partial charge in [0.2, 0.25) is 0 Å². The predicted octanol–water partition coefficient (Wildman–Crippen LogP) is 3.19. The zero-order valence-corrected chi connectivity index (χ0v) is 9.08. The van der Waals surface area contributed by atoms with Gasteiger partial charge in [0.1, 0.15) is 12.1 Å². The second kappa shape index (κ2) is 5.24. The number of halogens is 1. The molecular weight excluding hydrogens is 193 g/mol. The fourth-order valence-corrected chi connectivity index (χ4v) is 1.16. The predicted molar refractivity (Wildman–Crippen MR) is 60.0 cm³/mol. The van der Waals surface area contributed by atoms with E-state index in [1.54, 1.807) is 12.1 Å². The van der Waals surface area contributed by atoms with Crippen LogP contribution in [0.4, 0.5) is 4.39 Å². The van der Waals surface area contributed by atoms with Crippen LogP contribution in [-0.4, -0.2) is 15.2 Å². The first-order valence-electron chi connectivity index (χ1n) is 4.89. The fraction of sp³-hybridized carbons (Fsp3) is 0.273. The molecule has 0 bridgehead atoms. The molecule has 0 saturated carbocycles. The van der Waals surface area contributed by atoms with E-state index in [4.69, 9.17) is 0 Å². The second-order valence-electron chi connectivity index (χ2n) is 2.82. The van der Waals surface area contributed by atoms with Gasteiger partial charge in [0.05, 0.1) is 5.56 Å². The molecule has 1 N–H and O–H groups in total. The molecule has 0 amide bonds. The van der Waals surface area contributed by atoms with Crippen molar-refractivity contribution in [1.29, 1.82) is 0 Å². The zero-order chi connectivity index (χ0) is 11.3. The molecule has 1 heterocycles. The summed E-state index contributed by atoms with van der Waals surface area (Å²) in [7, 11) is 0. The van der Waals surface area contributed by atoms with Crippen LogP contribution >= 0.6 is 0 Å². The Bertz CT molecular complexity index is 415. The summed E-state index contributed by atoms with van der Waals surface area (Å²) >= 11 is 0. The van der Waals surface area contributed by atoms with Crippen molar-refractivity contribution in [3.8, 4) is 11.4 Å². The Balaban J connectivity index is 0.000000711. The third kappa shape index (κ3) is 2.62. The first-order valence-corrected chi connectivity index (χ1v) is 4.89. The van der Waals surface area contributed by atoms with Gasteiger partial charge in [0.15, 0.2) is 5.82 Å². The molecule has 3 nitrogen and oxygen atoms in total. The fourth-order valence-electron chi connectivity index (χ4n) is 1.16. The van der Waals surface area contributed by atoms with Crippen molar-refractivity contribution in [2.45, 2.75) is 20.8 Å². The van der Waals surface area contributed by atoms with E-state index < -0.39 is 0 Å². The molecule has 0 fully saturated rings. The van der Waals surface area contributed by atoms with E-state index in [-0.39, 0.29) is 7.24 Å². The number of hydrogen-bond acceptors (Lipinski definition) is 2. The Hall–Kier alpha value is -1.71. The molecule has 0 atom stereocenters. The smallest absolute Gasteiger partial charge is 0.158 e. The number of aryl methyl sites for hydroxylation is 1. The van der Waals surface area contributed by atoms with E-state index >= 15 is 0 Å². The van der Waals surface area contributed by atoms with E-state index in [1.165, 1.54) is 12.4 Å². The molecule has 2 rings (SSSR count). The highest BCUT2D eigenvalue weighted by atomic mass is 19.1. The van der Waals surface area contributed by atoms with Gasteiger partial charge in [-0.15, -0.1) is 0 Å². The monoisotopic (exact) mass is 209 g/mol. The number of H-pyrrole nitrogens is 1. The van der Waals surface area contributed by atoms with E-state index in [1.807, 2.05) is 20.8 Å². The quantitative estimate of drug-likeness (QED) is 0.783. The average molecular weight is 209 g/mol. The Morgan fingerprint density at radius 3 is 2.67 bits per heavy atom. The van der Waals surface area contributed by atoms with Gasteiger partial charge < -0.3 is 0 Å². The molecule has 0 aliphatic carbocycles. The molecule has 0 aliphatic heterocycles. The Morgan fingerprint density at radius 2 is 2.07 bits per heavy atom. The number of rotatable bonds is 1. The first kappa shape index (κ1) is 11.4. The minimum atomic E-state index is -0.289. The van der Waals surface area contributed by atoms with Gasteiger partial charge in [-0.1, -0.05) is 25.5 Å². The molecule has 1 aromatic heterocycles. The van der Waals surface area contributed by atoms with Gasteiger partial charge in [-0.05, 0) is 19.1 Å². The standard InChI is InChI=1S/C9H8FN3.C2H6.H2/c1-6-2-3-8(10)7(4-6)9-11-5-12-13-9;1-2;/h2-5H,1H3,(H,11,12,13);1-2H3;1H. The van der Waals surface area contributed by atoms with Crippen molar-refractivity contribution in [3.63, 3.8) is 0 Å². The topological polar surface area (TPSA) is 41.6 Å². The molecule has 0 radical (unpaired) electrons. The van der Waals surface area contributed by atoms with Gasteiger partial charge in [0, 0.05) is 1.43 Å². The summed E-state index contributed by atoms with van der Waals surface area (Å²) in [6.07, 6.45) is 1.36. The van der Waals surface area contributed by atoms with Crippen molar-refractivity contribution in [3.05, 3.63) is 35.9 Å². The SMILES string of the molecule is CC.Cc1ccc(F)c(-c2ncn[nH]2)c1.[HH]. The number of hydrogen-bond donors (Lipinski definition) is 1. The largest absolute Gasteiger partial charge is 0.259 e. The maximum atomic E-state index is 13.2.